The second kappa shape index (κ2) is 8.92. The first-order chi connectivity index (χ1) is 12.2. The summed E-state index contributed by atoms with van der Waals surface area (Å²) >= 11 is 1.59. The minimum absolute atomic E-state index is 0.110. The Morgan fingerprint density at radius 2 is 2.24 bits per heavy atom. The smallest absolute Gasteiger partial charge is 0.228 e. The van der Waals surface area contributed by atoms with E-state index in [0.29, 0.717) is 19.5 Å². The highest BCUT2D eigenvalue weighted by molar-refractivity contribution is 7.09. The monoisotopic (exact) mass is 356 g/mol. The molecular formula is C20H24N2O2S. The summed E-state index contributed by atoms with van der Waals surface area (Å²) in [5, 5.41) is 2.97. The van der Waals surface area contributed by atoms with Gasteiger partial charge in [0.25, 0.3) is 0 Å². The summed E-state index contributed by atoms with van der Waals surface area (Å²) in [5.74, 6) is 0.110. The van der Waals surface area contributed by atoms with Gasteiger partial charge in [0.15, 0.2) is 0 Å². The molecule has 1 fully saturated rings. The third kappa shape index (κ3) is 5.51. The fourth-order valence-electron chi connectivity index (χ4n) is 2.95. The molecule has 0 spiro atoms. The van der Waals surface area contributed by atoms with Crippen molar-refractivity contribution < 1.29 is 9.53 Å². The van der Waals surface area contributed by atoms with E-state index in [1.54, 1.807) is 11.3 Å². The molecule has 2 aromatic rings. The molecule has 0 bridgehead atoms. The summed E-state index contributed by atoms with van der Waals surface area (Å²) in [6.45, 7) is 4.01. The molecule has 3 rings (SSSR count). The van der Waals surface area contributed by atoms with Crippen molar-refractivity contribution in [1.29, 1.82) is 0 Å². The van der Waals surface area contributed by atoms with Crippen molar-refractivity contribution in [1.82, 2.24) is 9.88 Å². The number of amides is 1. The van der Waals surface area contributed by atoms with E-state index in [4.69, 9.17) is 4.74 Å². The first kappa shape index (κ1) is 17.8. The molecule has 2 heterocycles. The largest absolute Gasteiger partial charge is 0.376 e. The van der Waals surface area contributed by atoms with Gasteiger partial charge in [-0.25, -0.2) is 4.98 Å². The van der Waals surface area contributed by atoms with E-state index in [-0.39, 0.29) is 12.0 Å². The van der Waals surface area contributed by atoms with Gasteiger partial charge < -0.3 is 9.64 Å². The van der Waals surface area contributed by atoms with Gasteiger partial charge in [-0.1, -0.05) is 42.5 Å². The van der Waals surface area contributed by atoms with Crippen molar-refractivity contribution in [2.45, 2.75) is 32.3 Å². The van der Waals surface area contributed by atoms with Crippen molar-refractivity contribution in [3.8, 4) is 0 Å². The predicted molar refractivity (Wildman–Crippen MR) is 102 cm³/mol. The second-order valence-electron chi connectivity index (χ2n) is 6.28. The summed E-state index contributed by atoms with van der Waals surface area (Å²) in [5.41, 5.74) is 2.00. The van der Waals surface area contributed by atoms with Crippen LogP contribution in [0.5, 0.6) is 0 Å². The van der Waals surface area contributed by atoms with Crippen LogP contribution in [-0.4, -0.2) is 41.6 Å². The molecule has 0 saturated carbocycles. The van der Waals surface area contributed by atoms with Gasteiger partial charge in [0.05, 0.1) is 23.2 Å². The number of nitrogens with zero attached hydrogens (tertiary/aromatic N) is 2. The minimum atomic E-state index is 0.110. The number of ether oxygens (including phenoxy) is 1. The number of aromatic nitrogens is 1. The molecule has 4 nitrogen and oxygen atoms in total. The van der Waals surface area contributed by atoms with Crippen molar-refractivity contribution in [3.05, 3.63) is 58.1 Å². The normalized spacial score (nSPS) is 17.2. The quantitative estimate of drug-likeness (QED) is 0.759. The van der Waals surface area contributed by atoms with Crippen LogP contribution in [0.1, 0.15) is 29.1 Å². The minimum Gasteiger partial charge on any atom is -0.376 e. The van der Waals surface area contributed by atoms with Gasteiger partial charge in [-0.05, 0) is 25.3 Å². The van der Waals surface area contributed by atoms with Crippen LogP contribution in [-0.2, 0) is 16.0 Å². The molecular weight excluding hydrogens is 332 g/mol. The third-order valence-electron chi connectivity index (χ3n) is 4.24. The maximum absolute atomic E-state index is 12.8. The molecule has 1 atom stereocenters. The Balaban J connectivity index is 1.63. The Labute approximate surface area is 153 Å². The van der Waals surface area contributed by atoms with Gasteiger partial charge in [-0.2, -0.15) is 0 Å². The summed E-state index contributed by atoms with van der Waals surface area (Å²) < 4.78 is 5.72. The number of hydrogen-bond acceptors (Lipinski definition) is 4. The summed E-state index contributed by atoms with van der Waals surface area (Å²) in [7, 11) is 0. The first-order valence-corrected chi connectivity index (χ1v) is 9.60. The zero-order chi connectivity index (χ0) is 17.5. The van der Waals surface area contributed by atoms with Gasteiger partial charge >= 0.3 is 0 Å². The molecule has 1 aromatic carbocycles. The Morgan fingerprint density at radius 1 is 1.40 bits per heavy atom. The summed E-state index contributed by atoms with van der Waals surface area (Å²) in [4.78, 5) is 19.1. The van der Waals surface area contributed by atoms with Crippen molar-refractivity contribution in [2.75, 3.05) is 19.7 Å². The van der Waals surface area contributed by atoms with Crippen LogP contribution >= 0.6 is 11.3 Å². The number of aryl methyl sites for hydroxylation is 1. The van der Waals surface area contributed by atoms with Crippen LogP contribution in [0.15, 0.2) is 41.8 Å². The standard InChI is InChI=1S/C20H24N2O2S/c1-16-21-18(15-25-16)13-20(23)22(14-19-10-6-12-24-19)11-5-9-17-7-3-2-4-8-17/h2-5,7-9,15,19H,6,10-14H2,1H3. The molecule has 1 aliphatic rings. The molecule has 1 unspecified atom stereocenters. The number of benzene rings is 1. The highest BCUT2D eigenvalue weighted by atomic mass is 32.1. The van der Waals surface area contributed by atoms with Crippen LogP contribution < -0.4 is 0 Å². The van der Waals surface area contributed by atoms with Crippen molar-refractivity contribution in [2.24, 2.45) is 0 Å². The van der Waals surface area contributed by atoms with Crippen LogP contribution in [0.2, 0.25) is 0 Å². The number of rotatable bonds is 7. The van der Waals surface area contributed by atoms with E-state index in [2.05, 4.69) is 29.3 Å². The second-order valence-corrected chi connectivity index (χ2v) is 7.34. The maximum atomic E-state index is 12.8. The lowest BCUT2D eigenvalue weighted by Crippen LogP contribution is -2.38. The first-order valence-electron chi connectivity index (χ1n) is 8.72. The Hall–Kier alpha value is -1.98. The molecule has 0 radical (unpaired) electrons. The molecule has 132 valence electrons. The number of carbonyl (C=O) groups is 1. The zero-order valence-corrected chi connectivity index (χ0v) is 15.4. The SMILES string of the molecule is Cc1nc(CC(=O)N(CC=Cc2ccccc2)CC2CCCO2)cs1. The summed E-state index contributed by atoms with van der Waals surface area (Å²) in [6.07, 6.45) is 6.74. The third-order valence-corrected chi connectivity index (χ3v) is 5.06. The molecule has 0 N–H and O–H groups in total. The average molecular weight is 356 g/mol. The van der Waals surface area contributed by atoms with E-state index >= 15 is 0 Å². The lowest BCUT2D eigenvalue weighted by Gasteiger charge is -2.24. The van der Waals surface area contributed by atoms with Gasteiger partial charge in [0, 0.05) is 25.1 Å². The van der Waals surface area contributed by atoms with Crippen LogP contribution in [0, 0.1) is 6.92 Å². The highest BCUT2D eigenvalue weighted by Crippen LogP contribution is 2.15. The molecule has 25 heavy (non-hydrogen) atoms. The molecule has 1 aliphatic heterocycles. The van der Waals surface area contributed by atoms with Crippen LogP contribution in [0.4, 0.5) is 0 Å². The van der Waals surface area contributed by atoms with Gasteiger partial charge in [-0.3, -0.25) is 4.79 Å². The molecule has 0 aliphatic carbocycles. The van der Waals surface area contributed by atoms with Crippen molar-refractivity contribution in [3.63, 3.8) is 0 Å². The lowest BCUT2D eigenvalue weighted by molar-refractivity contribution is -0.131. The van der Waals surface area contributed by atoms with E-state index in [9.17, 15) is 4.79 Å². The van der Waals surface area contributed by atoms with E-state index in [0.717, 1.165) is 35.7 Å². The van der Waals surface area contributed by atoms with Crippen LogP contribution in [0.3, 0.4) is 0 Å². The fraction of sp³-hybridized carbons (Fsp3) is 0.400. The van der Waals surface area contributed by atoms with E-state index in [1.165, 1.54) is 0 Å². The molecule has 1 amide bonds. The number of hydrogen-bond donors (Lipinski definition) is 0. The van der Waals surface area contributed by atoms with Crippen LogP contribution in [0.25, 0.3) is 6.08 Å². The molecule has 1 saturated heterocycles. The number of carbonyl (C=O) groups excluding carboxylic acids is 1. The predicted octanol–water partition coefficient (Wildman–Crippen LogP) is 3.72. The molecule has 5 heteroatoms. The fourth-order valence-corrected chi connectivity index (χ4v) is 3.56. The maximum Gasteiger partial charge on any atom is 0.228 e. The zero-order valence-electron chi connectivity index (χ0n) is 14.6. The van der Waals surface area contributed by atoms with Crippen molar-refractivity contribution >= 4 is 23.3 Å². The van der Waals surface area contributed by atoms with Gasteiger partial charge in [0.1, 0.15) is 0 Å². The topological polar surface area (TPSA) is 42.4 Å². The highest BCUT2D eigenvalue weighted by Gasteiger charge is 2.22. The van der Waals surface area contributed by atoms with Gasteiger partial charge in [0.2, 0.25) is 5.91 Å². The van der Waals surface area contributed by atoms with Gasteiger partial charge in [-0.15, -0.1) is 11.3 Å². The Morgan fingerprint density at radius 3 is 2.92 bits per heavy atom. The Bertz CT molecular complexity index is 705. The average Bonchev–Trinajstić information content (AvgIpc) is 3.26. The van der Waals surface area contributed by atoms with E-state index < -0.39 is 0 Å². The lowest BCUT2D eigenvalue weighted by atomic mass is 10.2. The van der Waals surface area contributed by atoms with E-state index in [1.807, 2.05) is 35.4 Å². The summed E-state index contributed by atoms with van der Waals surface area (Å²) in [6, 6.07) is 10.1. The number of thiazole rings is 1. The molecule has 1 aromatic heterocycles. The Kier molecular flexibility index (Phi) is 6.36.